The van der Waals surface area contributed by atoms with Gasteiger partial charge in [-0.2, -0.15) is 5.26 Å². The summed E-state index contributed by atoms with van der Waals surface area (Å²) in [5.74, 6) is 0.499. The van der Waals surface area contributed by atoms with Crippen molar-refractivity contribution in [2.24, 2.45) is 0 Å². The molecule has 0 saturated carbocycles. The smallest absolute Gasteiger partial charge is 0.225 e. The number of carbonyl (C=O) groups is 2. The lowest BCUT2D eigenvalue weighted by Crippen LogP contribution is -2.01. The monoisotopic (exact) mass is 516 g/mol. The minimum absolute atomic E-state index is 0.0516. The maximum absolute atomic E-state index is 11.3. The van der Waals surface area contributed by atoms with Crippen LogP contribution in [0.4, 0.5) is 5.82 Å². The number of nitrogens with one attached hydrogen (secondary N) is 1. The van der Waals surface area contributed by atoms with Crippen LogP contribution in [0.5, 0.6) is 5.88 Å². The number of carbonyl (C=O) groups excluding carboxylic acids is 2. The molecule has 2 heterocycles. The number of nitriles is 1. The summed E-state index contributed by atoms with van der Waals surface area (Å²) in [6, 6.07) is 19.5. The van der Waals surface area contributed by atoms with E-state index < -0.39 is 0 Å². The number of nitrogens with zero attached hydrogens (tertiary/aromatic N) is 3. The molecule has 4 aromatic rings. The van der Waals surface area contributed by atoms with E-state index in [9.17, 15) is 9.59 Å². The van der Waals surface area contributed by atoms with Gasteiger partial charge in [0, 0.05) is 29.3 Å². The van der Waals surface area contributed by atoms with Crippen LogP contribution in [0, 0.1) is 11.3 Å². The van der Waals surface area contributed by atoms with Gasteiger partial charge in [-0.05, 0) is 24.3 Å². The van der Waals surface area contributed by atoms with Crippen molar-refractivity contribution in [3.63, 3.8) is 0 Å². The van der Waals surface area contributed by atoms with Crippen molar-refractivity contribution < 1.29 is 14.3 Å². The molecular formula is C27H18Cl2N4O3. The zero-order valence-corrected chi connectivity index (χ0v) is 20.5. The van der Waals surface area contributed by atoms with Crippen molar-refractivity contribution in [3.05, 3.63) is 81.8 Å². The van der Waals surface area contributed by atoms with Crippen molar-refractivity contribution in [2.45, 2.75) is 0 Å². The largest absolute Gasteiger partial charge is 0.462 e. The molecule has 0 spiro atoms. The Morgan fingerprint density at radius 3 is 1.89 bits per heavy atom. The lowest BCUT2D eigenvalue weighted by Gasteiger charge is -2.15. The van der Waals surface area contributed by atoms with Gasteiger partial charge in [0.2, 0.25) is 5.88 Å². The number of aldehydes is 2. The van der Waals surface area contributed by atoms with Crippen LogP contribution in [-0.4, -0.2) is 36.2 Å². The first-order valence-electron chi connectivity index (χ1n) is 10.7. The first-order chi connectivity index (χ1) is 17.5. The average molecular weight is 517 g/mol. The van der Waals surface area contributed by atoms with Crippen molar-refractivity contribution in [3.8, 4) is 45.6 Å². The van der Waals surface area contributed by atoms with Crippen molar-refractivity contribution in [2.75, 3.05) is 19.0 Å². The third-order valence-corrected chi connectivity index (χ3v) is 6.23. The SMILES string of the molecule is CNc1nc(-c2cccc(-c3cccc(-c4ccc(C=O)c(OCC#N)n4)c3Cl)c2Cl)ccc1C=O. The number of benzene rings is 2. The van der Waals surface area contributed by atoms with Gasteiger partial charge in [0.15, 0.2) is 19.2 Å². The summed E-state index contributed by atoms with van der Waals surface area (Å²) in [5.41, 5.74) is 4.35. The Morgan fingerprint density at radius 2 is 1.36 bits per heavy atom. The molecule has 0 atom stereocenters. The Kier molecular flexibility index (Phi) is 7.59. The molecule has 178 valence electrons. The fourth-order valence-corrected chi connectivity index (χ4v) is 4.35. The van der Waals surface area contributed by atoms with Crippen molar-refractivity contribution >= 4 is 41.6 Å². The van der Waals surface area contributed by atoms with Crippen LogP contribution < -0.4 is 10.1 Å². The first-order valence-corrected chi connectivity index (χ1v) is 11.5. The number of ether oxygens (including phenoxy) is 1. The fourth-order valence-electron chi connectivity index (χ4n) is 3.70. The second-order valence-corrected chi connectivity index (χ2v) is 8.25. The summed E-state index contributed by atoms with van der Waals surface area (Å²) >= 11 is 13.7. The van der Waals surface area contributed by atoms with E-state index in [2.05, 4.69) is 15.3 Å². The van der Waals surface area contributed by atoms with E-state index in [1.807, 2.05) is 36.4 Å². The molecule has 36 heavy (non-hydrogen) atoms. The van der Waals surface area contributed by atoms with E-state index in [1.54, 1.807) is 37.4 Å². The molecule has 0 aliphatic carbocycles. The van der Waals surface area contributed by atoms with Gasteiger partial charge >= 0.3 is 0 Å². The Morgan fingerprint density at radius 1 is 0.833 bits per heavy atom. The van der Waals surface area contributed by atoms with E-state index in [0.717, 1.165) is 6.29 Å². The van der Waals surface area contributed by atoms with Crippen LogP contribution in [0.1, 0.15) is 20.7 Å². The Balaban J connectivity index is 1.81. The summed E-state index contributed by atoms with van der Waals surface area (Å²) in [7, 11) is 1.69. The minimum Gasteiger partial charge on any atom is -0.462 e. The molecule has 2 aromatic carbocycles. The van der Waals surface area contributed by atoms with Gasteiger partial charge in [-0.15, -0.1) is 0 Å². The highest BCUT2D eigenvalue weighted by atomic mass is 35.5. The maximum Gasteiger partial charge on any atom is 0.225 e. The van der Waals surface area contributed by atoms with Crippen LogP contribution >= 0.6 is 23.2 Å². The normalized spacial score (nSPS) is 10.4. The average Bonchev–Trinajstić information content (AvgIpc) is 2.91. The second kappa shape index (κ2) is 11.0. The highest BCUT2D eigenvalue weighted by molar-refractivity contribution is 6.39. The summed E-state index contributed by atoms with van der Waals surface area (Å²) in [5, 5.41) is 12.6. The van der Waals surface area contributed by atoms with Crippen LogP contribution in [-0.2, 0) is 0 Å². The first kappa shape index (κ1) is 24.9. The van der Waals surface area contributed by atoms with Crippen LogP contribution in [0.3, 0.4) is 0 Å². The van der Waals surface area contributed by atoms with E-state index in [1.165, 1.54) is 0 Å². The number of hydrogen-bond acceptors (Lipinski definition) is 7. The molecule has 7 nitrogen and oxygen atoms in total. The van der Waals surface area contributed by atoms with Crippen LogP contribution in [0.2, 0.25) is 10.0 Å². The van der Waals surface area contributed by atoms with Gasteiger partial charge in [0.25, 0.3) is 0 Å². The van der Waals surface area contributed by atoms with E-state index in [4.69, 9.17) is 33.2 Å². The standard InChI is InChI=1S/C27H18Cl2N4O3/c1-31-26-16(14-34)8-10-22(32-26)20-6-2-4-18(24(20)28)19-5-3-7-21(25(19)29)23-11-9-17(15-35)27(33-23)36-13-12-30/h2-11,14-15H,13H2,1H3,(H,31,32). The topological polar surface area (TPSA) is 105 Å². The molecule has 0 saturated heterocycles. The number of hydrogen-bond donors (Lipinski definition) is 1. The third-order valence-electron chi connectivity index (χ3n) is 5.42. The highest BCUT2D eigenvalue weighted by Crippen LogP contribution is 2.42. The molecule has 0 amide bonds. The molecule has 0 bridgehead atoms. The minimum atomic E-state index is -0.245. The van der Waals surface area contributed by atoms with Gasteiger partial charge in [-0.1, -0.05) is 59.6 Å². The molecular weight excluding hydrogens is 499 g/mol. The summed E-state index contributed by atoms with van der Waals surface area (Å²) < 4.78 is 5.31. The third kappa shape index (κ3) is 4.78. The molecule has 4 rings (SSSR count). The number of aromatic nitrogens is 2. The quantitative estimate of drug-likeness (QED) is 0.272. The molecule has 0 radical (unpaired) electrons. The number of anilines is 1. The van der Waals surface area contributed by atoms with E-state index >= 15 is 0 Å². The zero-order valence-electron chi connectivity index (χ0n) is 19.0. The van der Waals surface area contributed by atoms with Gasteiger partial charge < -0.3 is 10.1 Å². The molecule has 0 aliphatic rings. The molecule has 2 aromatic heterocycles. The predicted molar refractivity (Wildman–Crippen MR) is 140 cm³/mol. The van der Waals surface area contributed by atoms with Crippen molar-refractivity contribution in [1.82, 2.24) is 9.97 Å². The van der Waals surface area contributed by atoms with E-state index in [0.29, 0.717) is 61.4 Å². The summed E-state index contributed by atoms with van der Waals surface area (Å²) in [4.78, 5) is 31.5. The molecule has 1 N–H and O–H groups in total. The second-order valence-electron chi connectivity index (χ2n) is 7.49. The molecule has 0 aliphatic heterocycles. The van der Waals surface area contributed by atoms with Crippen LogP contribution in [0.15, 0.2) is 60.7 Å². The lowest BCUT2D eigenvalue weighted by molar-refractivity contribution is 0.111. The zero-order chi connectivity index (χ0) is 25.7. The Labute approximate surface area is 217 Å². The Hall–Kier alpha value is -4.25. The van der Waals surface area contributed by atoms with E-state index in [-0.39, 0.29) is 18.1 Å². The predicted octanol–water partition coefficient (Wildman–Crippen LogP) is 6.35. The fraction of sp³-hybridized carbons (Fsp3) is 0.0741. The highest BCUT2D eigenvalue weighted by Gasteiger charge is 2.18. The summed E-state index contributed by atoms with van der Waals surface area (Å²) in [6.45, 7) is -0.245. The van der Waals surface area contributed by atoms with Gasteiger partial charge in [0.05, 0.1) is 32.6 Å². The molecule has 0 fully saturated rings. The number of rotatable bonds is 8. The van der Waals surface area contributed by atoms with Gasteiger partial charge in [-0.3, -0.25) is 9.59 Å². The lowest BCUT2D eigenvalue weighted by atomic mass is 9.98. The number of halogens is 2. The van der Waals surface area contributed by atoms with Gasteiger partial charge in [-0.25, -0.2) is 9.97 Å². The Bertz CT molecular complexity index is 1520. The summed E-state index contributed by atoms with van der Waals surface area (Å²) in [6.07, 6.45) is 1.35. The number of pyridine rings is 2. The van der Waals surface area contributed by atoms with Crippen LogP contribution in [0.25, 0.3) is 33.6 Å². The molecule has 9 heteroatoms. The van der Waals surface area contributed by atoms with Gasteiger partial charge in [0.1, 0.15) is 11.9 Å². The molecule has 0 unspecified atom stereocenters. The van der Waals surface area contributed by atoms with Crippen molar-refractivity contribution in [1.29, 1.82) is 5.26 Å². The maximum atomic E-state index is 11.3.